The summed E-state index contributed by atoms with van der Waals surface area (Å²) in [6.45, 7) is 0.585. The van der Waals surface area contributed by atoms with E-state index in [2.05, 4.69) is 15.7 Å². The average Bonchev–Trinajstić information content (AvgIpc) is 2.84. The van der Waals surface area contributed by atoms with Gasteiger partial charge in [-0.2, -0.15) is 0 Å². The maximum atomic E-state index is 12.0. The molecule has 6 nitrogen and oxygen atoms in total. The quantitative estimate of drug-likeness (QED) is 0.711. The van der Waals surface area contributed by atoms with Crippen molar-refractivity contribution >= 4 is 17.3 Å². The van der Waals surface area contributed by atoms with Crippen LogP contribution in [-0.2, 0) is 12.8 Å². The Kier molecular flexibility index (Phi) is 3.27. The van der Waals surface area contributed by atoms with E-state index in [1.54, 1.807) is 0 Å². The predicted molar refractivity (Wildman–Crippen MR) is 75.1 cm³/mol. The Hall–Kier alpha value is -1.79. The van der Waals surface area contributed by atoms with Gasteiger partial charge in [0.15, 0.2) is 0 Å². The molecule has 102 valence electrons. The van der Waals surface area contributed by atoms with E-state index in [1.807, 2.05) is 12.1 Å². The minimum Gasteiger partial charge on any atom is -0.739 e. The summed E-state index contributed by atoms with van der Waals surface area (Å²) < 4.78 is 0. The fraction of sp³-hybridized carbons (Fsp3) is 0.462. The monoisotopic (exact) mass is 261 g/mol. The van der Waals surface area contributed by atoms with Gasteiger partial charge in [0.2, 0.25) is 5.96 Å². The van der Waals surface area contributed by atoms with Crippen LogP contribution in [-0.4, -0.2) is 24.2 Å². The van der Waals surface area contributed by atoms with Crippen molar-refractivity contribution in [1.29, 1.82) is 0 Å². The molecule has 2 aliphatic rings. The van der Waals surface area contributed by atoms with Gasteiger partial charge in [-0.05, 0) is 48.9 Å². The number of nitrogens with zero attached hydrogens (tertiary/aromatic N) is 2. The summed E-state index contributed by atoms with van der Waals surface area (Å²) in [4.78, 5) is 4.21. The first-order valence-electron chi connectivity index (χ1n) is 6.60. The highest BCUT2D eigenvalue weighted by Gasteiger charge is 2.19. The van der Waals surface area contributed by atoms with Gasteiger partial charge in [-0.3, -0.25) is 10.4 Å². The molecule has 0 spiro atoms. The molecule has 0 aromatic heterocycles. The van der Waals surface area contributed by atoms with Gasteiger partial charge < -0.3 is 20.8 Å². The van der Waals surface area contributed by atoms with Gasteiger partial charge in [0.25, 0.3) is 0 Å². The van der Waals surface area contributed by atoms with E-state index < -0.39 is 0 Å². The van der Waals surface area contributed by atoms with E-state index in [0.29, 0.717) is 24.6 Å². The maximum absolute atomic E-state index is 12.0. The molecule has 6 heteroatoms. The molecule has 1 aliphatic heterocycles. The van der Waals surface area contributed by atoms with Crippen LogP contribution in [0.4, 0.5) is 11.4 Å². The molecule has 0 fully saturated rings. The van der Waals surface area contributed by atoms with Crippen molar-refractivity contribution in [3.8, 4) is 0 Å². The molecule has 0 atom stereocenters. The normalized spacial score (nSPS) is 18.8. The third kappa shape index (κ3) is 2.36. The number of nitrogens with one attached hydrogen (secondary N) is 2. The number of hydrogen-bond acceptors (Lipinski definition) is 4. The topological polar surface area (TPSA) is 83.0 Å². The minimum absolute atomic E-state index is 0.0992. The second-order valence-corrected chi connectivity index (χ2v) is 4.83. The van der Waals surface area contributed by atoms with Gasteiger partial charge >= 0.3 is 0 Å². The zero-order valence-electron chi connectivity index (χ0n) is 10.6. The number of hydrogen-bond donors (Lipinski definition) is 3. The zero-order chi connectivity index (χ0) is 13.2. The molecule has 19 heavy (non-hydrogen) atoms. The lowest BCUT2D eigenvalue weighted by molar-refractivity contribution is 0.291. The Morgan fingerprint density at radius 2 is 2.11 bits per heavy atom. The number of benzene rings is 1. The fourth-order valence-corrected chi connectivity index (χ4v) is 2.53. The molecule has 0 radical (unpaired) electrons. The number of aliphatic hydroxyl groups excluding tert-OH is 1. The number of anilines is 2. The highest BCUT2D eigenvalue weighted by molar-refractivity contribution is 6.01. The van der Waals surface area contributed by atoms with Crippen LogP contribution >= 0.6 is 0 Å². The van der Waals surface area contributed by atoms with E-state index in [1.165, 1.54) is 11.1 Å². The summed E-state index contributed by atoms with van der Waals surface area (Å²) in [7, 11) is 0. The van der Waals surface area contributed by atoms with Crippen molar-refractivity contribution in [2.24, 2.45) is 4.99 Å². The van der Waals surface area contributed by atoms with E-state index in [0.717, 1.165) is 30.1 Å². The number of aryl methyl sites for hydroxylation is 2. The van der Waals surface area contributed by atoms with Crippen LogP contribution in [0.3, 0.4) is 0 Å². The first-order valence-corrected chi connectivity index (χ1v) is 6.60. The summed E-state index contributed by atoms with van der Waals surface area (Å²) in [5, 5.41) is 24.6. The number of rotatable bonds is 3. The molecule has 1 aromatic rings. The number of guanidine groups is 1. The van der Waals surface area contributed by atoms with Gasteiger partial charge in [-0.1, -0.05) is 0 Å². The summed E-state index contributed by atoms with van der Waals surface area (Å²) in [6, 6.07) is 4.00. The molecular formula is C13H17N4O2-. The van der Waals surface area contributed by atoms with Crippen LogP contribution in [0.2, 0.25) is 0 Å². The SMILES string of the molecule is [O-]N1NC(=NCCCO)Nc2cc3c(cc21)CCC3. The molecule has 1 heterocycles. The summed E-state index contributed by atoms with van der Waals surface area (Å²) in [6.07, 6.45) is 3.87. The van der Waals surface area contributed by atoms with Gasteiger partial charge in [-0.15, -0.1) is 0 Å². The van der Waals surface area contributed by atoms with E-state index >= 15 is 0 Å². The third-order valence-corrected chi connectivity index (χ3v) is 3.48. The Labute approximate surface area is 111 Å². The highest BCUT2D eigenvalue weighted by atomic mass is 16.5. The van der Waals surface area contributed by atoms with Gasteiger partial charge in [0.1, 0.15) is 0 Å². The second-order valence-electron chi connectivity index (χ2n) is 4.83. The largest absolute Gasteiger partial charge is 0.739 e. The fourth-order valence-electron chi connectivity index (χ4n) is 2.53. The lowest BCUT2D eigenvalue weighted by Gasteiger charge is -2.38. The van der Waals surface area contributed by atoms with Crippen molar-refractivity contribution in [1.82, 2.24) is 5.43 Å². The van der Waals surface area contributed by atoms with Crippen LogP contribution in [0.1, 0.15) is 24.0 Å². The number of hydrazine groups is 1. The second kappa shape index (κ2) is 5.07. The Morgan fingerprint density at radius 1 is 1.32 bits per heavy atom. The molecule has 0 amide bonds. The molecular weight excluding hydrogens is 244 g/mol. The Morgan fingerprint density at radius 3 is 2.89 bits per heavy atom. The van der Waals surface area contributed by atoms with Crippen LogP contribution in [0.25, 0.3) is 0 Å². The summed E-state index contributed by atoms with van der Waals surface area (Å²) in [5.41, 5.74) is 6.66. The maximum Gasteiger partial charge on any atom is 0.214 e. The first kappa shape index (κ1) is 12.3. The number of fused-ring (bicyclic) bond motifs is 2. The van der Waals surface area contributed by atoms with E-state index in [-0.39, 0.29) is 6.61 Å². The van der Waals surface area contributed by atoms with Crippen molar-refractivity contribution in [2.75, 3.05) is 23.6 Å². The lowest BCUT2D eigenvalue weighted by Crippen LogP contribution is -2.46. The molecule has 3 rings (SSSR count). The van der Waals surface area contributed by atoms with Crippen molar-refractivity contribution in [3.05, 3.63) is 28.5 Å². The van der Waals surface area contributed by atoms with E-state index in [9.17, 15) is 5.21 Å². The van der Waals surface area contributed by atoms with Gasteiger partial charge in [-0.25, -0.2) is 0 Å². The molecule has 1 aliphatic carbocycles. The average molecular weight is 261 g/mol. The molecule has 0 saturated heterocycles. The highest BCUT2D eigenvalue weighted by Crippen LogP contribution is 2.34. The van der Waals surface area contributed by atoms with E-state index in [4.69, 9.17) is 5.11 Å². The number of aliphatic hydroxyl groups is 1. The summed E-state index contributed by atoms with van der Waals surface area (Å²) >= 11 is 0. The summed E-state index contributed by atoms with van der Waals surface area (Å²) in [5.74, 6) is 0.439. The third-order valence-electron chi connectivity index (χ3n) is 3.48. The minimum atomic E-state index is 0.0992. The smallest absolute Gasteiger partial charge is 0.214 e. The molecule has 3 N–H and O–H groups in total. The molecule has 1 aromatic carbocycles. The van der Waals surface area contributed by atoms with Crippen LogP contribution < -0.4 is 15.9 Å². The van der Waals surface area contributed by atoms with Crippen LogP contribution in [0, 0.1) is 5.21 Å². The molecule has 0 unspecified atom stereocenters. The zero-order valence-corrected chi connectivity index (χ0v) is 10.6. The number of aliphatic imine (C=N–C) groups is 1. The van der Waals surface area contributed by atoms with Crippen molar-refractivity contribution in [2.45, 2.75) is 25.7 Å². The lowest BCUT2D eigenvalue weighted by atomic mass is 10.1. The Balaban J connectivity index is 1.85. The Bertz CT molecular complexity index is 516. The van der Waals surface area contributed by atoms with Gasteiger partial charge in [0, 0.05) is 13.2 Å². The predicted octanol–water partition coefficient (Wildman–Crippen LogP) is 1.15. The molecule has 0 saturated carbocycles. The van der Waals surface area contributed by atoms with Crippen molar-refractivity contribution in [3.63, 3.8) is 0 Å². The standard InChI is InChI=1S/C13H17N4O2/c18-6-2-5-14-13-15-11-7-9-3-1-4-10(9)8-12(11)17(19)16-13/h7-8,18H,1-6H2,(H2,14,15,16)/q-1. The van der Waals surface area contributed by atoms with Gasteiger partial charge in [0.05, 0.1) is 11.4 Å². The first-order chi connectivity index (χ1) is 9.28. The van der Waals surface area contributed by atoms with Crippen LogP contribution in [0.5, 0.6) is 0 Å². The van der Waals surface area contributed by atoms with Crippen molar-refractivity contribution < 1.29 is 5.11 Å². The molecule has 0 bridgehead atoms. The van der Waals surface area contributed by atoms with Crippen LogP contribution in [0.15, 0.2) is 17.1 Å².